The summed E-state index contributed by atoms with van der Waals surface area (Å²) in [7, 11) is 0. The van der Waals surface area contributed by atoms with E-state index in [4.69, 9.17) is 0 Å². The van der Waals surface area contributed by atoms with Gasteiger partial charge in [-0.3, -0.25) is 19.7 Å². The Bertz CT molecular complexity index is 868. The van der Waals surface area contributed by atoms with Crippen LogP contribution in [0.2, 0.25) is 0 Å². The molecule has 3 N–H and O–H groups in total. The van der Waals surface area contributed by atoms with Gasteiger partial charge in [0.05, 0.1) is 5.69 Å². The summed E-state index contributed by atoms with van der Waals surface area (Å²) in [5, 5.41) is 12.0. The third-order valence-electron chi connectivity index (χ3n) is 3.40. The van der Waals surface area contributed by atoms with E-state index in [1.165, 1.54) is 12.4 Å². The number of rotatable bonds is 7. The molecule has 0 fully saturated rings. The smallest absolute Gasteiger partial charge is 0.274 e. The van der Waals surface area contributed by atoms with Crippen LogP contribution in [0, 0.1) is 0 Å². The van der Waals surface area contributed by atoms with Crippen molar-refractivity contribution in [2.75, 3.05) is 17.6 Å². The Kier molecular flexibility index (Phi) is 6.00. The fourth-order valence-corrected chi connectivity index (χ4v) is 2.97. The number of aromatic nitrogens is 3. The number of hydrogen-bond donors (Lipinski definition) is 3. The van der Waals surface area contributed by atoms with Gasteiger partial charge in [0.1, 0.15) is 5.69 Å². The summed E-state index contributed by atoms with van der Waals surface area (Å²) in [5.41, 5.74) is 0.715. The highest BCUT2D eigenvalue weighted by atomic mass is 32.2. The van der Waals surface area contributed by atoms with E-state index in [9.17, 15) is 9.59 Å². The number of benzene rings is 1. The largest absolute Gasteiger partial charge is 0.350 e. The average Bonchev–Trinajstić information content (AvgIpc) is 3.15. The maximum Gasteiger partial charge on any atom is 0.274 e. The fourth-order valence-electron chi connectivity index (χ4n) is 2.18. The van der Waals surface area contributed by atoms with Gasteiger partial charge in [0.25, 0.3) is 11.8 Å². The van der Waals surface area contributed by atoms with Crippen LogP contribution in [0.15, 0.2) is 65.8 Å². The zero-order chi connectivity index (χ0) is 18.2. The number of aromatic amines is 1. The first-order valence-corrected chi connectivity index (χ1v) is 8.95. The Hall–Kier alpha value is -3.13. The average molecular weight is 367 g/mol. The van der Waals surface area contributed by atoms with E-state index < -0.39 is 5.91 Å². The summed E-state index contributed by atoms with van der Waals surface area (Å²) in [6.45, 7) is 0.485. The molecule has 0 bridgehead atoms. The lowest BCUT2D eigenvalue weighted by Gasteiger charge is -2.06. The number of carbonyl (C=O) groups excluding carboxylic acids is 2. The maximum absolute atomic E-state index is 12.3. The number of nitrogens with zero attached hydrogens (tertiary/aromatic N) is 2. The van der Waals surface area contributed by atoms with Crippen molar-refractivity contribution in [2.24, 2.45) is 0 Å². The summed E-state index contributed by atoms with van der Waals surface area (Å²) >= 11 is 1.65. The SMILES string of the molecule is O=C(Nc1c[nH]nc1C(=O)NCCSc1ccccc1)c1ccccn1. The lowest BCUT2D eigenvalue weighted by molar-refractivity contribution is 0.0952. The first-order valence-electron chi connectivity index (χ1n) is 7.96. The fraction of sp³-hybridized carbons (Fsp3) is 0.111. The summed E-state index contributed by atoms with van der Waals surface area (Å²) < 4.78 is 0. The highest BCUT2D eigenvalue weighted by molar-refractivity contribution is 7.99. The molecular weight excluding hydrogens is 350 g/mol. The van der Waals surface area contributed by atoms with Crippen LogP contribution in [0.5, 0.6) is 0 Å². The van der Waals surface area contributed by atoms with Gasteiger partial charge in [0.15, 0.2) is 5.69 Å². The Labute approximate surface area is 154 Å². The third-order valence-corrected chi connectivity index (χ3v) is 4.41. The molecule has 26 heavy (non-hydrogen) atoms. The first kappa shape index (κ1) is 17.7. The van der Waals surface area contributed by atoms with Crippen LogP contribution in [0.25, 0.3) is 0 Å². The van der Waals surface area contributed by atoms with Crippen LogP contribution in [0.3, 0.4) is 0 Å². The molecule has 8 heteroatoms. The van der Waals surface area contributed by atoms with Crippen molar-refractivity contribution in [3.63, 3.8) is 0 Å². The van der Waals surface area contributed by atoms with Gasteiger partial charge in [-0.25, -0.2) is 0 Å². The van der Waals surface area contributed by atoms with Crippen LogP contribution in [-0.4, -0.2) is 39.3 Å². The van der Waals surface area contributed by atoms with Crippen molar-refractivity contribution in [3.05, 3.63) is 72.3 Å². The molecule has 2 amide bonds. The lowest BCUT2D eigenvalue weighted by Crippen LogP contribution is -2.27. The van der Waals surface area contributed by atoms with Crippen molar-refractivity contribution in [1.29, 1.82) is 0 Å². The lowest BCUT2D eigenvalue weighted by atomic mass is 10.3. The van der Waals surface area contributed by atoms with E-state index in [1.54, 1.807) is 30.0 Å². The minimum Gasteiger partial charge on any atom is -0.350 e. The predicted molar refractivity (Wildman–Crippen MR) is 100 cm³/mol. The summed E-state index contributed by atoms with van der Waals surface area (Å²) in [4.78, 5) is 29.6. The minimum atomic E-state index is -0.402. The Balaban J connectivity index is 1.52. The highest BCUT2D eigenvalue weighted by Gasteiger charge is 2.17. The molecule has 0 unspecified atom stereocenters. The monoisotopic (exact) mass is 367 g/mol. The third kappa shape index (κ3) is 4.70. The molecule has 0 aliphatic rings. The molecule has 0 spiro atoms. The maximum atomic E-state index is 12.3. The molecule has 0 aliphatic heterocycles. The van der Waals surface area contributed by atoms with E-state index in [2.05, 4.69) is 25.8 Å². The normalized spacial score (nSPS) is 10.3. The van der Waals surface area contributed by atoms with Crippen molar-refractivity contribution in [3.8, 4) is 0 Å². The van der Waals surface area contributed by atoms with Crippen molar-refractivity contribution >= 4 is 29.3 Å². The van der Waals surface area contributed by atoms with E-state index in [1.807, 2.05) is 30.3 Å². The van der Waals surface area contributed by atoms with Crippen molar-refractivity contribution < 1.29 is 9.59 Å². The number of H-pyrrole nitrogens is 1. The summed E-state index contributed by atoms with van der Waals surface area (Å²) in [6.07, 6.45) is 3.00. The molecule has 3 rings (SSSR count). The number of amides is 2. The molecule has 0 saturated heterocycles. The summed E-state index contributed by atoms with van der Waals surface area (Å²) in [6, 6.07) is 15.0. The number of pyridine rings is 1. The van der Waals surface area contributed by atoms with Gasteiger partial charge in [-0.05, 0) is 24.3 Å². The second-order valence-electron chi connectivity index (χ2n) is 5.23. The standard InChI is InChI=1S/C18H17N5O2S/c24-17(14-8-4-5-9-19-14)22-15-12-21-23-16(15)18(25)20-10-11-26-13-6-2-1-3-7-13/h1-9,12H,10-11H2,(H,20,25)(H,21,23)(H,22,24). The predicted octanol–water partition coefficient (Wildman–Crippen LogP) is 2.58. The Morgan fingerprint density at radius 1 is 1.04 bits per heavy atom. The zero-order valence-electron chi connectivity index (χ0n) is 13.8. The molecule has 132 valence electrons. The van der Waals surface area contributed by atoms with Gasteiger partial charge >= 0.3 is 0 Å². The Morgan fingerprint density at radius 3 is 2.62 bits per heavy atom. The van der Waals surface area contributed by atoms with Crippen LogP contribution < -0.4 is 10.6 Å². The van der Waals surface area contributed by atoms with Gasteiger partial charge in [0, 0.05) is 29.6 Å². The molecule has 0 radical (unpaired) electrons. The molecule has 0 saturated carbocycles. The zero-order valence-corrected chi connectivity index (χ0v) is 14.6. The van der Waals surface area contributed by atoms with Gasteiger partial charge < -0.3 is 10.6 Å². The van der Waals surface area contributed by atoms with Crippen LogP contribution in [0.1, 0.15) is 21.0 Å². The van der Waals surface area contributed by atoms with Crippen LogP contribution in [0.4, 0.5) is 5.69 Å². The van der Waals surface area contributed by atoms with Gasteiger partial charge in [-0.2, -0.15) is 5.10 Å². The second kappa shape index (κ2) is 8.82. The quantitative estimate of drug-likeness (QED) is 0.440. The number of nitrogens with one attached hydrogen (secondary N) is 3. The Morgan fingerprint density at radius 2 is 1.85 bits per heavy atom. The molecule has 0 atom stereocenters. The van der Waals surface area contributed by atoms with E-state index in [-0.39, 0.29) is 17.3 Å². The van der Waals surface area contributed by atoms with Crippen molar-refractivity contribution in [2.45, 2.75) is 4.90 Å². The van der Waals surface area contributed by atoms with Crippen LogP contribution >= 0.6 is 11.8 Å². The topological polar surface area (TPSA) is 99.8 Å². The summed E-state index contributed by atoms with van der Waals surface area (Å²) in [5.74, 6) is -0.0209. The van der Waals surface area contributed by atoms with E-state index >= 15 is 0 Å². The number of carbonyl (C=O) groups is 2. The molecule has 2 aromatic heterocycles. The molecular formula is C18H17N5O2S. The highest BCUT2D eigenvalue weighted by Crippen LogP contribution is 2.16. The van der Waals surface area contributed by atoms with Gasteiger partial charge in [-0.1, -0.05) is 24.3 Å². The minimum absolute atomic E-state index is 0.138. The molecule has 0 aliphatic carbocycles. The number of thioether (sulfide) groups is 1. The molecule has 3 aromatic rings. The molecule has 2 heterocycles. The van der Waals surface area contributed by atoms with Gasteiger partial charge in [-0.15, -0.1) is 11.8 Å². The second-order valence-corrected chi connectivity index (χ2v) is 6.40. The number of hydrogen-bond acceptors (Lipinski definition) is 5. The van der Waals surface area contributed by atoms with Crippen LogP contribution in [-0.2, 0) is 0 Å². The van der Waals surface area contributed by atoms with Gasteiger partial charge in [0.2, 0.25) is 0 Å². The molecule has 1 aromatic carbocycles. The van der Waals surface area contributed by atoms with E-state index in [0.29, 0.717) is 12.2 Å². The first-order chi connectivity index (χ1) is 12.7. The van der Waals surface area contributed by atoms with Crippen molar-refractivity contribution in [1.82, 2.24) is 20.5 Å². The van der Waals surface area contributed by atoms with E-state index in [0.717, 1.165) is 10.6 Å². The molecule has 7 nitrogen and oxygen atoms in total. The number of anilines is 1.